The molecule has 1 aromatic heterocycles. The van der Waals surface area contributed by atoms with Crippen LogP contribution < -0.4 is 10.2 Å². The van der Waals surface area contributed by atoms with Crippen LogP contribution in [0.25, 0.3) is 10.9 Å². The van der Waals surface area contributed by atoms with E-state index < -0.39 is 5.60 Å². The number of ether oxygens (including phenoxy) is 1. The van der Waals surface area contributed by atoms with E-state index in [4.69, 9.17) is 4.74 Å². The SMILES string of the molecule is CCCCC(NC(=O)Cc1ccc2[nH]cc(CCC(=O)OC(C)(C)C)c2c1)c1ccc(C)cc1N1CCCCC1. The van der Waals surface area contributed by atoms with Crippen LogP contribution >= 0.6 is 0 Å². The maximum Gasteiger partial charge on any atom is 0.306 e. The van der Waals surface area contributed by atoms with Crippen LogP contribution in [0.2, 0.25) is 0 Å². The predicted octanol–water partition coefficient (Wildman–Crippen LogP) is 7.33. The first kappa shape index (κ1) is 29.7. The zero-order valence-electron chi connectivity index (χ0n) is 25.1. The van der Waals surface area contributed by atoms with E-state index in [2.05, 4.69) is 53.3 Å². The summed E-state index contributed by atoms with van der Waals surface area (Å²) in [6.45, 7) is 12.2. The van der Waals surface area contributed by atoms with E-state index >= 15 is 0 Å². The van der Waals surface area contributed by atoms with Crippen molar-refractivity contribution in [3.63, 3.8) is 0 Å². The third kappa shape index (κ3) is 8.12. The van der Waals surface area contributed by atoms with Crippen LogP contribution in [0.15, 0.2) is 42.6 Å². The summed E-state index contributed by atoms with van der Waals surface area (Å²) in [4.78, 5) is 31.5. The van der Waals surface area contributed by atoms with Gasteiger partial charge in [0.15, 0.2) is 0 Å². The maximum absolute atomic E-state index is 13.4. The average molecular weight is 546 g/mol. The molecule has 0 spiro atoms. The number of aromatic amines is 1. The van der Waals surface area contributed by atoms with Gasteiger partial charge in [0, 0.05) is 42.3 Å². The largest absolute Gasteiger partial charge is 0.460 e. The molecule has 1 aliphatic heterocycles. The fourth-order valence-electron chi connectivity index (χ4n) is 5.67. The molecule has 0 bridgehead atoms. The Morgan fingerprint density at radius 2 is 1.85 bits per heavy atom. The van der Waals surface area contributed by atoms with Crippen LogP contribution in [-0.2, 0) is 27.2 Å². The molecular formula is C34H47N3O3. The lowest BCUT2D eigenvalue weighted by molar-refractivity contribution is -0.154. The Morgan fingerprint density at radius 1 is 1.07 bits per heavy atom. The minimum Gasteiger partial charge on any atom is -0.460 e. The summed E-state index contributed by atoms with van der Waals surface area (Å²) in [7, 11) is 0. The smallest absolute Gasteiger partial charge is 0.306 e. The van der Waals surface area contributed by atoms with E-state index in [1.165, 1.54) is 36.1 Å². The fourth-order valence-corrected chi connectivity index (χ4v) is 5.67. The summed E-state index contributed by atoms with van der Waals surface area (Å²) >= 11 is 0. The van der Waals surface area contributed by atoms with Gasteiger partial charge < -0.3 is 19.9 Å². The van der Waals surface area contributed by atoms with Crippen molar-refractivity contribution in [3.05, 3.63) is 64.8 Å². The zero-order chi connectivity index (χ0) is 28.7. The molecule has 0 saturated carbocycles. The van der Waals surface area contributed by atoms with Crippen molar-refractivity contribution in [1.29, 1.82) is 0 Å². The van der Waals surface area contributed by atoms with Gasteiger partial charge in [-0.05, 0) is 100 Å². The minimum absolute atomic E-state index is 0.00893. The number of fused-ring (bicyclic) bond motifs is 1. The lowest BCUT2D eigenvalue weighted by atomic mass is 9.95. The molecule has 1 unspecified atom stereocenters. The molecule has 2 heterocycles. The van der Waals surface area contributed by atoms with E-state index in [0.29, 0.717) is 19.3 Å². The summed E-state index contributed by atoms with van der Waals surface area (Å²) in [6, 6.07) is 12.8. The molecule has 1 amide bonds. The summed E-state index contributed by atoms with van der Waals surface area (Å²) < 4.78 is 5.47. The number of nitrogens with one attached hydrogen (secondary N) is 2. The highest BCUT2D eigenvalue weighted by Crippen LogP contribution is 2.33. The number of piperidine rings is 1. The van der Waals surface area contributed by atoms with E-state index in [-0.39, 0.29) is 17.9 Å². The number of carbonyl (C=O) groups is 2. The molecule has 0 radical (unpaired) electrons. The minimum atomic E-state index is -0.486. The van der Waals surface area contributed by atoms with Gasteiger partial charge in [-0.25, -0.2) is 0 Å². The third-order valence-corrected chi connectivity index (χ3v) is 7.65. The molecule has 4 rings (SSSR count). The van der Waals surface area contributed by atoms with Crippen LogP contribution in [0, 0.1) is 6.92 Å². The summed E-state index contributed by atoms with van der Waals surface area (Å²) in [5.41, 5.74) is 6.33. The van der Waals surface area contributed by atoms with E-state index in [1.54, 1.807) is 0 Å². The van der Waals surface area contributed by atoms with Gasteiger partial charge in [0.05, 0.1) is 12.5 Å². The zero-order valence-corrected chi connectivity index (χ0v) is 25.1. The average Bonchev–Trinajstić information content (AvgIpc) is 3.31. The fraction of sp³-hybridized carbons (Fsp3) is 0.529. The Hall–Kier alpha value is -3.28. The number of esters is 1. The summed E-state index contributed by atoms with van der Waals surface area (Å²) in [5, 5.41) is 4.46. The number of carbonyl (C=O) groups excluding carboxylic acids is 2. The van der Waals surface area contributed by atoms with Crippen LogP contribution in [0.3, 0.4) is 0 Å². The Kier molecular flexibility index (Phi) is 9.94. The lowest BCUT2D eigenvalue weighted by Gasteiger charge is -2.33. The number of hydrogen-bond acceptors (Lipinski definition) is 4. The molecule has 0 aliphatic carbocycles. The molecular weight excluding hydrogens is 498 g/mol. The number of rotatable bonds is 11. The molecule has 1 atom stereocenters. The Labute approximate surface area is 239 Å². The number of unbranched alkanes of at least 4 members (excludes halogenated alkanes) is 1. The first-order valence-electron chi connectivity index (χ1n) is 15.1. The van der Waals surface area contributed by atoms with Crippen LogP contribution in [0.5, 0.6) is 0 Å². The van der Waals surface area contributed by atoms with Gasteiger partial charge >= 0.3 is 5.97 Å². The maximum atomic E-state index is 13.4. The second-order valence-corrected chi connectivity index (χ2v) is 12.3. The topological polar surface area (TPSA) is 74.4 Å². The van der Waals surface area contributed by atoms with Crippen molar-refractivity contribution in [2.24, 2.45) is 0 Å². The van der Waals surface area contributed by atoms with Crippen LogP contribution in [-0.4, -0.2) is 35.6 Å². The number of aryl methyl sites for hydroxylation is 2. The standard InChI is InChI=1S/C34H47N3O3/c1-6-7-11-30(27-15-12-24(2)20-31(27)37-18-9-8-10-19-37)36-32(38)22-25-13-16-29-28(21-25)26(23-35-29)14-17-33(39)40-34(3,4)5/h12-13,15-16,20-21,23,30,35H,6-11,14,17-19,22H2,1-5H3,(H,36,38). The quantitative estimate of drug-likeness (QED) is 0.247. The van der Waals surface area contributed by atoms with Crippen molar-refractivity contribution in [1.82, 2.24) is 10.3 Å². The molecule has 6 nitrogen and oxygen atoms in total. The van der Waals surface area contributed by atoms with Crippen LogP contribution in [0.1, 0.15) is 101 Å². The van der Waals surface area contributed by atoms with Crippen molar-refractivity contribution >= 4 is 28.5 Å². The van der Waals surface area contributed by atoms with Crippen molar-refractivity contribution in [2.75, 3.05) is 18.0 Å². The van der Waals surface area contributed by atoms with Gasteiger partial charge in [0.2, 0.25) is 5.91 Å². The Bertz CT molecular complexity index is 1300. The summed E-state index contributed by atoms with van der Waals surface area (Å²) in [6.07, 6.45) is 10.0. The van der Waals surface area contributed by atoms with Gasteiger partial charge in [-0.2, -0.15) is 0 Å². The highest BCUT2D eigenvalue weighted by atomic mass is 16.6. The number of anilines is 1. The number of H-pyrrole nitrogens is 1. The van der Waals surface area contributed by atoms with Gasteiger partial charge in [-0.15, -0.1) is 0 Å². The molecule has 1 aliphatic rings. The highest BCUT2D eigenvalue weighted by Gasteiger charge is 2.22. The number of aromatic nitrogens is 1. The summed E-state index contributed by atoms with van der Waals surface area (Å²) in [5.74, 6) is -0.160. The molecule has 2 aromatic carbocycles. The first-order valence-corrected chi connectivity index (χ1v) is 15.1. The van der Waals surface area contributed by atoms with E-state index in [0.717, 1.165) is 54.4 Å². The Morgan fingerprint density at radius 3 is 2.58 bits per heavy atom. The molecule has 2 N–H and O–H groups in total. The number of amides is 1. The van der Waals surface area contributed by atoms with E-state index in [1.807, 2.05) is 39.1 Å². The molecule has 40 heavy (non-hydrogen) atoms. The highest BCUT2D eigenvalue weighted by molar-refractivity contribution is 5.86. The van der Waals surface area contributed by atoms with Gasteiger partial charge in [-0.3, -0.25) is 9.59 Å². The lowest BCUT2D eigenvalue weighted by Crippen LogP contribution is -2.34. The third-order valence-electron chi connectivity index (χ3n) is 7.65. The van der Waals surface area contributed by atoms with Gasteiger partial charge in [0.1, 0.15) is 5.60 Å². The number of nitrogens with zero attached hydrogens (tertiary/aromatic N) is 1. The number of hydrogen-bond donors (Lipinski definition) is 2. The molecule has 1 saturated heterocycles. The van der Waals surface area contributed by atoms with Crippen molar-refractivity contribution in [2.45, 2.75) is 104 Å². The number of benzene rings is 2. The molecule has 1 fully saturated rings. The van der Waals surface area contributed by atoms with E-state index in [9.17, 15) is 9.59 Å². The first-order chi connectivity index (χ1) is 19.1. The normalized spacial score (nSPS) is 14.8. The van der Waals surface area contributed by atoms with Crippen LogP contribution in [0.4, 0.5) is 5.69 Å². The Balaban J connectivity index is 1.48. The monoisotopic (exact) mass is 545 g/mol. The molecule has 216 valence electrons. The van der Waals surface area contributed by atoms with Gasteiger partial charge in [-0.1, -0.05) is 38.0 Å². The second kappa shape index (κ2) is 13.4. The van der Waals surface area contributed by atoms with Crippen molar-refractivity contribution in [3.8, 4) is 0 Å². The molecule has 3 aromatic rings. The second-order valence-electron chi connectivity index (χ2n) is 12.3. The molecule has 6 heteroatoms. The van der Waals surface area contributed by atoms with Gasteiger partial charge in [0.25, 0.3) is 0 Å². The van der Waals surface area contributed by atoms with Crippen molar-refractivity contribution < 1.29 is 14.3 Å². The predicted molar refractivity (Wildman–Crippen MR) is 164 cm³/mol.